The van der Waals surface area contributed by atoms with Crippen LogP contribution in [0.3, 0.4) is 0 Å². The van der Waals surface area contributed by atoms with Gasteiger partial charge in [-0.2, -0.15) is 0 Å². The Bertz CT molecular complexity index is 418. The van der Waals surface area contributed by atoms with Gasteiger partial charge in [-0.25, -0.2) is 9.59 Å². The van der Waals surface area contributed by atoms with Gasteiger partial charge in [-0.3, -0.25) is 4.79 Å². The number of esters is 1. The monoisotopic (exact) mass is 303 g/mol. The fraction of sp³-hybridized carbons (Fsp3) is 0.786. The molecule has 0 bridgehead atoms. The number of rotatable bonds is 4. The minimum absolute atomic E-state index is 0.610. The van der Waals surface area contributed by atoms with Gasteiger partial charge in [0.05, 0.1) is 6.42 Å². The number of carboxylic acids is 1. The number of aliphatic carboxylic acids is 1. The highest BCUT2D eigenvalue weighted by molar-refractivity contribution is 5.89. The highest BCUT2D eigenvalue weighted by atomic mass is 16.6. The van der Waals surface area contributed by atoms with E-state index in [1.54, 1.807) is 41.5 Å². The normalized spacial score (nSPS) is 14.8. The summed E-state index contributed by atoms with van der Waals surface area (Å²) in [4.78, 5) is 34.9. The molecule has 2 N–H and O–H groups in total. The van der Waals surface area contributed by atoms with Crippen LogP contribution in [0.15, 0.2) is 0 Å². The van der Waals surface area contributed by atoms with Crippen molar-refractivity contribution in [1.29, 1.82) is 0 Å². The first-order chi connectivity index (χ1) is 9.15. The van der Waals surface area contributed by atoms with E-state index in [-0.39, 0.29) is 0 Å². The van der Waals surface area contributed by atoms with Crippen LogP contribution in [0.25, 0.3) is 0 Å². The summed E-state index contributed by atoms with van der Waals surface area (Å²) >= 11 is 0. The Labute approximate surface area is 125 Å². The lowest BCUT2D eigenvalue weighted by atomic mass is 9.97. The molecule has 0 fully saturated rings. The quantitative estimate of drug-likeness (QED) is 0.771. The lowest BCUT2D eigenvalue weighted by molar-refractivity contribution is -0.165. The molecule has 0 aromatic rings. The van der Waals surface area contributed by atoms with Crippen molar-refractivity contribution >= 4 is 18.0 Å². The molecule has 0 aliphatic carbocycles. The average molecular weight is 303 g/mol. The number of carbonyl (C=O) groups is 3. The number of carbonyl (C=O) groups excluding carboxylic acids is 2. The van der Waals surface area contributed by atoms with Crippen LogP contribution in [-0.2, 0) is 19.1 Å². The zero-order chi connectivity index (χ0) is 17.1. The average Bonchev–Trinajstić information content (AvgIpc) is 2.08. The zero-order valence-electron chi connectivity index (χ0n) is 13.7. The molecule has 1 amide bonds. The molecule has 21 heavy (non-hydrogen) atoms. The summed E-state index contributed by atoms with van der Waals surface area (Å²) in [5, 5.41) is 11.2. The maximum atomic E-state index is 12.2. The minimum atomic E-state index is -1.71. The molecule has 7 nitrogen and oxygen atoms in total. The van der Waals surface area contributed by atoms with Crippen LogP contribution in [0.2, 0.25) is 0 Å². The lowest BCUT2D eigenvalue weighted by Gasteiger charge is -2.32. The van der Waals surface area contributed by atoms with Crippen molar-refractivity contribution in [2.75, 3.05) is 0 Å². The van der Waals surface area contributed by atoms with Gasteiger partial charge < -0.3 is 19.9 Å². The summed E-state index contributed by atoms with van der Waals surface area (Å²) in [5.41, 5.74) is -3.27. The lowest BCUT2D eigenvalue weighted by Crippen LogP contribution is -2.56. The first-order valence-corrected chi connectivity index (χ1v) is 6.61. The number of carboxylic acid groups (broad SMARTS) is 1. The second kappa shape index (κ2) is 6.32. The van der Waals surface area contributed by atoms with Crippen molar-refractivity contribution < 1.29 is 29.0 Å². The molecule has 0 aliphatic heterocycles. The maximum Gasteiger partial charge on any atom is 0.408 e. The first kappa shape index (κ1) is 19.2. The molecule has 0 spiro atoms. The Morgan fingerprint density at radius 1 is 0.905 bits per heavy atom. The van der Waals surface area contributed by atoms with E-state index in [1.165, 1.54) is 6.92 Å². The van der Waals surface area contributed by atoms with Gasteiger partial charge in [-0.15, -0.1) is 0 Å². The Morgan fingerprint density at radius 2 is 1.33 bits per heavy atom. The van der Waals surface area contributed by atoms with Gasteiger partial charge in [0.15, 0.2) is 0 Å². The molecule has 7 heteroatoms. The van der Waals surface area contributed by atoms with E-state index in [0.29, 0.717) is 0 Å². The topological polar surface area (TPSA) is 102 Å². The molecule has 0 rings (SSSR count). The van der Waals surface area contributed by atoms with E-state index < -0.39 is 41.2 Å². The van der Waals surface area contributed by atoms with Crippen molar-refractivity contribution in [3.05, 3.63) is 0 Å². The summed E-state index contributed by atoms with van der Waals surface area (Å²) in [5.74, 6) is -2.07. The smallest absolute Gasteiger partial charge is 0.408 e. The molecule has 0 radical (unpaired) electrons. The molecule has 1 atom stereocenters. The van der Waals surface area contributed by atoms with Crippen LogP contribution in [0, 0.1) is 0 Å². The van der Waals surface area contributed by atoms with Crippen LogP contribution in [0.1, 0.15) is 54.9 Å². The number of hydrogen-bond acceptors (Lipinski definition) is 5. The van der Waals surface area contributed by atoms with Crippen molar-refractivity contribution in [1.82, 2.24) is 5.32 Å². The molecular formula is C14H25NO6. The van der Waals surface area contributed by atoms with E-state index in [1.807, 2.05) is 0 Å². The predicted octanol–water partition coefficient (Wildman–Crippen LogP) is 2.09. The van der Waals surface area contributed by atoms with Gasteiger partial charge >= 0.3 is 18.0 Å². The molecule has 0 aromatic carbocycles. The highest BCUT2D eigenvalue weighted by Crippen LogP contribution is 2.19. The molecule has 0 aliphatic rings. The van der Waals surface area contributed by atoms with Crippen molar-refractivity contribution in [2.45, 2.75) is 71.6 Å². The Hall–Kier alpha value is -1.79. The molecule has 0 unspecified atom stereocenters. The van der Waals surface area contributed by atoms with Crippen LogP contribution in [-0.4, -0.2) is 39.9 Å². The first-order valence-electron chi connectivity index (χ1n) is 6.61. The molecule has 0 saturated heterocycles. The SMILES string of the molecule is CC(C)(C)OC(=O)N[C@](C)(CC(=O)O)C(=O)OC(C)(C)C. The molecule has 122 valence electrons. The van der Waals surface area contributed by atoms with Crippen LogP contribution < -0.4 is 5.32 Å². The van der Waals surface area contributed by atoms with Gasteiger partial charge in [-0.1, -0.05) is 0 Å². The largest absolute Gasteiger partial charge is 0.481 e. The Kier molecular flexibility index (Phi) is 5.78. The Morgan fingerprint density at radius 3 is 1.67 bits per heavy atom. The fourth-order valence-corrected chi connectivity index (χ4v) is 1.39. The third kappa shape index (κ3) is 8.16. The number of nitrogens with one attached hydrogen (secondary N) is 1. The number of ether oxygens (including phenoxy) is 2. The summed E-state index contributed by atoms with van der Waals surface area (Å²) in [6, 6.07) is 0. The van der Waals surface area contributed by atoms with Crippen molar-refractivity contribution in [2.24, 2.45) is 0 Å². The van der Waals surface area contributed by atoms with E-state index in [2.05, 4.69) is 5.32 Å². The number of amides is 1. The standard InChI is InChI=1S/C14H25NO6/c1-12(2,3)20-10(18)14(7,8-9(16)17)15-11(19)21-13(4,5)6/h8H2,1-7H3,(H,15,19)(H,16,17)/t14-/m1/s1. The molecular weight excluding hydrogens is 278 g/mol. The van der Waals surface area contributed by atoms with Gasteiger partial charge in [0.25, 0.3) is 0 Å². The zero-order valence-corrected chi connectivity index (χ0v) is 13.7. The third-order valence-corrected chi connectivity index (χ3v) is 2.13. The Balaban J connectivity index is 5.13. The molecule has 0 saturated carbocycles. The second-order valence-corrected chi connectivity index (χ2v) is 7.03. The van der Waals surface area contributed by atoms with Crippen LogP contribution in [0.5, 0.6) is 0 Å². The van der Waals surface area contributed by atoms with Crippen molar-refractivity contribution in [3.63, 3.8) is 0 Å². The van der Waals surface area contributed by atoms with Gasteiger partial charge in [0, 0.05) is 0 Å². The van der Waals surface area contributed by atoms with E-state index in [9.17, 15) is 14.4 Å². The number of alkyl carbamates (subject to hydrolysis) is 1. The summed E-state index contributed by atoms with van der Waals surface area (Å²) in [6.07, 6.45) is -1.49. The van der Waals surface area contributed by atoms with Crippen LogP contribution >= 0.6 is 0 Å². The van der Waals surface area contributed by atoms with Gasteiger partial charge in [0.2, 0.25) is 0 Å². The van der Waals surface area contributed by atoms with Crippen molar-refractivity contribution in [3.8, 4) is 0 Å². The molecule has 0 heterocycles. The second-order valence-electron chi connectivity index (χ2n) is 7.03. The van der Waals surface area contributed by atoms with Gasteiger partial charge in [0.1, 0.15) is 16.7 Å². The fourth-order valence-electron chi connectivity index (χ4n) is 1.39. The van der Waals surface area contributed by atoms with E-state index in [0.717, 1.165) is 0 Å². The van der Waals surface area contributed by atoms with Crippen LogP contribution in [0.4, 0.5) is 4.79 Å². The summed E-state index contributed by atoms with van der Waals surface area (Å²) < 4.78 is 10.2. The predicted molar refractivity (Wildman–Crippen MR) is 75.9 cm³/mol. The third-order valence-electron chi connectivity index (χ3n) is 2.13. The van der Waals surface area contributed by atoms with Gasteiger partial charge in [-0.05, 0) is 48.5 Å². The van der Waals surface area contributed by atoms with E-state index >= 15 is 0 Å². The maximum absolute atomic E-state index is 12.2. The van der Waals surface area contributed by atoms with E-state index in [4.69, 9.17) is 14.6 Å². The minimum Gasteiger partial charge on any atom is -0.481 e. The summed E-state index contributed by atoms with van der Waals surface area (Å²) in [7, 11) is 0. The molecule has 0 aromatic heterocycles. The summed E-state index contributed by atoms with van der Waals surface area (Å²) in [6.45, 7) is 11.2. The highest BCUT2D eigenvalue weighted by Gasteiger charge is 2.41. The number of hydrogen-bond donors (Lipinski definition) is 2.